The van der Waals surface area contributed by atoms with Crippen LogP contribution >= 0.6 is 0 Å². The third kappa shape index (κ3) is 3.53. The van der Waals surface area contributed by atoms with Crippen molar-refractivity contribution in [3.8, 4) is 0 Å². The number of ether oxygens (including phenoxy) is 1. The van der Waals surface area contributed by atoms with Crippen LogP contribution < -0.4 is 0 Å². The number of nitrogens with one attached hydrogen (secondary N) is 1. The zero-order valence-corrected chi connectivity index (χ0v) is 7.71. The van der Waals surface area contributed by atoms with Crippen LogP contribution in [0, 0.1) is 0 Å². The third-order valence-corrected chi connectivity index (χ3v) is 1.56. The van der Waals surface area contributed by atoms with Crippen molar-refractivity contribution in [3.05, 3.63) is 18.2 Å². The van der Waals surface area contributed by atoms with Gasteiger partial charge in [-0.05, 0) is 20.3 Å². The van der Waals surface area contributed by atoms with Crippen molar-refractivity contribution in [1.82, 2.24) is 9.97 Å². The Morgan fingerprint density at radius 2 is 2.42 bits per heavy atom. The molecule has 1 N–H and O–H groups in total. The predicted molar refractivity (Wildman–Crippen MR) is 48.0 cm³/mol. The standard InChI is InChI=1S/C9H16N2O/c1-8(2)12-7-3-4-9-10-5-6-11-9/h5-6,8H,3-4,7H2,1-2H3,(H,10,11). The molecule has 0 saturated heterocycles. The quantitative estimate of drug-likeness (QED) is 0.680. The lowest BCUT2D eigenvalue weighted by molar-refractivity contribution is 0.0769. The molecule has 0 amide bonds. The number of hydrogen-bond acceptors (Lipinski definition) is 2. The molecule has 0 fully saturated rings. The van der Waals surface area contributed by atoms with E-state index in [1.165, 1.54) is 0 Å². The van der Waals surface area contributed by atoms with Gasteiger partial charge in [-0.3, -0.25) is 0 Å². The Labute approximate surface area is 73.2 Å². The molecule has 3 nitrogen and oxygen atoms in total. The van der Waals surface area contributed by atoms with Crippen molar-refractivity contribution < 1.29 is 4.74 Å². The molecule has 0 aliphatic carbocycles. The molecule has 0 radical (unpaired) electrons. The van der Waals surface area contributed by atoms with E-state index in [0.29, 0.717) is 6.10 Å². The normalized spacial score (nSPS) is 10.9. The van der Waals surface area contributed by atoms with Crippen LogP contribution in [-0.2, 0) is 11.2 Å². The first-order chi connectivity index (χ1) is 5.79. The molecule has 1 rings (SSSR count). The van der Waals surface area contributed by atoms with Crippen LogP contribution in [0.4, 0.5) is 0 Å². The fourth-order valence-electron chi connectivity index (χ4n) is 0.993. The largest absolute Gasteiger partial charge is 0.379 e. The molecule has 0 aliphatic rings. The van der Waals surface area contributed by atoms with Gasteiger partial charge in [-0.2, -0.15) is 0 Å². The second-order valence-electron chi connectivity index (χ2n) is 3.06. The maximum atomic E-state index is 5.40. The van der Waals surface area contributed by atoms with E-state index in [9.17, 15) is 0 Å². The Kier molecular flexibility index (Phi) is 3.80. The van der Waals surface area contributed by atoms with Gasteiger partial charge in [-0.15, -0.1) is 0 Å². The lowest BCUT2D eigenvalue weighted by Gasteiger charge is -2.05. The monoisotopic (exact) mass is 168 g/mol. The maximum Gasteiger partial charge on any atom is 0.106 e. The maximum absolute atomic E-state index is 5.40. The Morgan fingerprint density at radius 1 is 1.58 bits per heavy atom. The Bertz CT molecular complexity index is 194. The summed E-state index contributed by atoms with van der Waals surface area (Å²) in [5, 5.41) is 0. The van der Waals surface area contributed by atoms with Crippen LogP contribution in [0.2, 0.25) is 0 Å². The lowest BCUT2D eigenvalue weighted by Crippen LogP contribution is -2.04. The fraction of sp³-hybridized carbons (Fsp3) is 0.667. The zero-order valence-electron chi connectivity index (χ0n) is 7.71. The first-order valence-corrected chi connectivity index (χ1v) is 4.39. The van der Waals surface area contributed by atoms with Crippen LogP contribution in [0.1, 0.15) is 26.1 Å². The van der Waals surface area contributed by atoms with E-state index in [0.717, 1.165) is 25.3 Å². The molecule has 12 heavy (non-hydrogen) atoms. The summed E-state index contributed by atoms with van der Waals surface area (Å²) in [5.41, 5.74) is 0. The predicted octanol–water partition coefficient (Wildman–Crippen LogP) is 1.77. The molecular formula is C9H16N2O. The van der Waals surface area contributed by atoms with Crippen molar-refractivity contribution in [3.63, 3.8) is 0 Å². The second-order valence-corrected chi connectivity index (χ2v) is 3.06. The minimum absolute atomic E-state index is 0.335. The highest BCUT2D eigenvalue weighted by Crippen LogP contribution is 1.96. The molecule has 0 saturated carbocycles. The molecule has 3 heteroatoms. The first-order valence-electron chi connectivity index (χ1n) is 4.39. The van der Waals surface area contributed by atoms with Gasteiger partial charge in [0, 0.05) is 25.4 Å². The van der Waals surface area contributed by atoms with E-state index < -0.39 is 0 Å². The highest BCUT2D eigenvalue weighted by molar-refractivity contribution is 4.86. The summed E-state index contributed by atoms with van der Waals surface area (Å²) in [6, 6.07) is 0. The van der Waals surface area contributed by atoms with Gasteiger partial charge in [-0.25, -0.2) is 4.98 Å². The van der Waals surface area contributed by atoms with E-state index in [4.69, 9.17) is 4.74 Å². The van der Waals surface area contributed by atoms with Crippen molar-refractivity contribution in [1.29, 1.82) is 0 Å². The number of imidazole rings is 1. The van der Waals surface area contributed by atoms with Crippen molar-refractivity contribution in [2.45, 2.75) is 32.8 Å². The van der Waals surface area contributed by atoms with E-state index in [1.807, 2.05) is 20.0 Å². The summed E-state index contributed by atoms with van der Waals surface area (Å²) in [4.78, 5) is 7.18. The summed E-state index contributed by atoms with van der Waals surface area (Å²) in [6.07, 6.45) is 5.96. The topological polar surface area (TPSA) is 37.9 Å². The van der Waals surface area contributed by atoms with Gasteiger partial charge < -0.3 is 9.72 Å². The SMILES string of the molecule is CC(C)OCCCc1ncc[nH]1. The number of aromatic amines is 1. The molecule has 1 aromatic heterocycles. The highest BCUT2D eigenvalue weighted by Gasteiger charge is 1.96. The van der Waals surface area contributed by atoms with E-state index in [2.05, 4.69) is 9.97 Å². The van der Waals surface area contributed by atoms with Crippen LogP contribution in [0.3, 0.4) is 0 Å². The summed E-state index contributed by atoms with van der Waals surface area (Å²) >= 11 is 0. The van der Waals surface area contributed by atoms with E-state index >= 15 is 0 Å². The molecule has 0 bridgehead atoms. The molecule has 1 aromatic rings. The minimum atomic E-state index is 0.335. The van der Waals surface area contributed by atoms with Crippen molar-refractivity contribution in [2.75, 3.05) is 6.61 Å². The Balaban J connectivity index is 2.04. The number of hydrogen-bond donors (Lipinski definition) is 1. The molecule has 0 aromatic carbocycles. The highest BCUT2D eigenvalue weighted by atomic mass is 16.5. The number of rotatable bonds is 5. The average molecular weight is 168 g/mol. The molecule has 0 spiro atoms. The summed E-state index contributed by atoms with van der Waals surface area (Å²) in [6.45, 7) is 4.91. The van der Waals surface area contributed by atoms with Gasteiger partial charge in [-0.1, -0.05) is 0 Å². The summed E-state index contributed by atoms with van der Waals surface area (Å²) in [5.74, 6) is 1.04. The van der Waals surface area contributed by atoms with Crippen LogP contribution in [-0.4, -0.2) is 22.7 Å². The van der Waals surface area contributed by atoms with Crippen LogP contribution in [0.5, 0.6) is 0 Å². The number of aryl methyl sites for hydroxylation is 1. The van der Waals surface area contributed by atoms with Gasteiger partial charge in [0.05, 0.1) is 6.10 Å². The van der Waals surface area contributed by atoms with Gasteiger partial charge >= 0.3 is 0 Å². The molecule has 0 unspecified atom stereocenters. The second kappa shape index (κ2) is 4.93. The van der Waals surface area contributed by atoms with Gasteiger partial charge in [0.25, 0.3) is 0 Å². The Hall–Kier alpha value is -0.830. The molecule has 0 atom stereocenters. The lowest BCUT2D eigenvalue weighted by atomic mass is 10.3. The summed E-state index contributed by atoms with van der Waals surface area (Å²) in [7, 11) is 0. The molecule has 0 aliphatic heterocycles. The van der Waals surface area contributed by atoms with Gasteiger partial charge in [0.15, 0.2) is 0 Å². The smallest absolute Gasteiger partial charge is 0.106 e. The molecule has 1 heterocycles. The van der Waals surface area contributed by atoms with Crippen molar-refractivity contribution >= 4 is 0 Å². The average Bonchev–Trinajstić information content (AvgIpc) is 2.49. The zero-order chi connectivity index (χ0) is 8.81. The van der Waals surface area contributed by atoms with Crippen molar-refractivity contribution in [2.24, 2.45) is 0 Å². The number of aromatic nitrogens is 2. The van der Waals surface area contributed by atoms with Gasteiger partial charge in [0.2, 0.25) is 0 Å². The fourth-order valence-corrected chi connectivity index (χ4v) is 0.993. The molecule has 68 valence electrons. The third-order valence-electron chi connectivity index (χ3n) is 1.56. The first kappa shape index (κ1) is 9.26. The molecular weight excluding hydrogens is 152 g/mol. The Morgan fingerprint density at radius 3 is 3.00 bits per heavy atom. The minimum Gasteiger partial charge on any atom is -0.379 e. The van der Waals surface area contributed by atoms with Crippen LogP contribution in [0.15, 0.2) is 12.4 Å². The van der Waals surface area contributed by atoms with Crippen LogP contribution in [0.25, 0.3) is 0 Å². The van der Waals surface area contributed by atoms with E-state index in [1.54, 1.807) is 6.20 Å². The van der Waals surface area contributed by atoms with E-state index in [-0.39, 0.29) is 0 Å². The van der Waals surface area contributed by atoms with Gasteiger partial charge in [0.1, 0.15) is 5.82 Å². The summed E-state index contributed by atoms with van der Waals surface area (Å²) < 4.78 is 5.40. The number of nitrogens with zero attached hydrogens (tertiary/aromatic N) is 1. The number of H-pyrrole nitrogens is 1.